The second-order valence-electron chi connectivity index (χ2n) is 6.36. The van der Waals surface area contributed by atoms with E-state index in [-0.39, 0.29) is 11.9 Å². The van der Waals surface area contributed by atoms with E-state index in [4.69, 9.17) is 14.2 Å². The Balaban J connectivity index is 1.73. The van der Waals surface area contributed by atoms with Crippen LogP contribution in [0.4, 0.5) is 5.69 Å². The molecule has 1 fully saturated rings. The molecule has 0 aliphatic carbocycles. The summed E-state index contributed by atoms with van der Waals surface area (Å²) >= 11 is 0. The average Bonchev–Trinajstić information content (AvgIpc) is 2.77. The molecule has 28 heavy (non-hydrogen) atoms. The van der Waals surface area contributed by atoms with Crippen LogP contribution in [0.1, 0.15) is 20.7 Å². The number of esters is 1. The quantitative estimate of drug-likeness (QED) is 0.738. The van der Waals surface area contributed by atoms with Crippen LogP contribution in [0.2, 0.25) is 0 Å². The Bertz CT molecular complexity index is 837. The molecule has 1 aliphatic rings. The SMILES string of the molecule is COC(=O)c1cccc(N2CCN(C(=O)c3c(OC)cccc3OC)CC2)c1. The van der Waals surface area contributed by atoms with Gasteiger partial charge >= 0.3 is 5.97 Å². The van der Waals surface area contributed by atoms with Crippen molar-refractivity contribution in [3.8, 4) is 11.5 Å². The van der Waals surface area contributed by atoms with Gasteiger partial charge in [-0.1, -0.05) is 12.1 Å². The lowest BCUT2D eigenvalue weighted by atomic mass is 10.1. The standard InChI is InChI=1S/C21H24N2O5/c1-26-17-8-5-9-18(27-2)19(17)20(24)23-12-10-22(11-13-23)16-7-4-6-15(14-16)21(25)28-3/h4-9,14H,10-13H2,1-3H3. The summed E-state index contributed by atoms with van der Waals surface area (Å²) in [6, 6.07) is 12.6. The first kappa shape index (κ1) is 19.5. The predicted octanol–water partition coefficient (Wildman–Crippen LogP) is 2.45. The lowest BCUT2D eigenvalue weighted by Gasteiger charge is -2.36. The Labute approximate surface area is 164 Å². The highest BCUT2D eigenvalue weighted by atomic mass is 16.5. The van der Waals surface area contributed by atoms with Gasteiger partial charge in [0.25, 0.3) is 5.91 Å². The molecule has 0 bridgehead atoms. The second-order valence-corrected chi connectivity index (χ2v) is 6.36. The van der Waals surface area contributed by atoms with Gasteiger partial charge in [-0.15, -0.1) is 0 Å². The Morgan fingerprint density at radius 2 is 1.46 bits per heavy atom. The van der Waals surface area contributed by atoms with E-state index >= 15 is 0 Å². The fourth-order valence-electron chi connectivity index (χ4n) is 3.34. The first-order chi connectivity index (χ1) is 13.6. The fraction of sp³-hybridized carbons (Fsp3) is 0.333. The number of carbonyl (C=O) groups excluding carboxylic acids is 2. The number of carbonyl (C=O) groups is 2. The van der Waals surface area contributed by atoms with Crippen molar-refractivity contribution in [1.29, 1.82) is 0 Å². The van der Waals surface area contributed by atoms with Gasteiger partial charge < -0.3 is 24.0 Å². The van der Waals surface area contributed by atoms with Crippen molar-refractivity contribution >= 4 is 17.6 Å². The number of piperazine rings is 1. The van der Waals surface area contributed by atoms with Crippen LogP contribution in [-0.2, 0) is 4.74 Å². The lowest BCUT2D eigenvalue weighted by molar-refractivity contribution is 0.0600. The molecule has 0 aromatic heterocycles. The first-order valence-corrected chi connectivity index (χ1v) is 9.02. The molecule has 1 amide bonds. The summed E-state index contributed by atoms with van der Waals surface area (Å²) in [5.41, 5.74) is 1.88. The largest absolute Gasteiger partial charge is 0.496 e. The van der Waals surface area contributed by atoms with E-state index in [1.54, 1.807) is 29.2 Å². The molecule has 0 unspecified atom stereocenters. The number of ether oxygens (including phenoxy) is 3. The van der Waals surface area contributed by atoms with Gasteiger partial charge in [-0.25, -0.2) is 4.79 Å². The number of anilines is 1. The summed E-state index contributed by atoms with van der Waals surface area (Å²) in [6.45, 7) is 2.44. The average molecular weight is 384 g/mol. The van der Waals surface area contributed by atoms with E-state index in [9.17, 15) is 9.59 Å². The van der Waals surface area contributed by atoms with Crippen molar-refractivity contribution in [2.45, 2.75) is 0 Å². The topological polar surface area (TPSA) is 68.3 Å². The molecule has 0 N–H and O–H groups in total. The van der Waals surface area contributed by atoms with E-state index in [0.717, 1.165) is 5.69 Å². The molecule has 1 aliphatic heterocycles. The molecule has 1 saturated heterocycles. The van der Waals surface area contributed by atoms with Crippen molar-refractivity contribution in [2.24, 2.45) is 0 Å². The zero-order valence-electron chi connectivity index (χ0n) is 16.3. The molecule has 148 valence electrons. The van der Waals surface area contributed by atoms with Gasteiger partial charge in [0, 0.05) is 31.9 Å². The number of nitrogens with zero attached hydrogens (tertiary/aromatic N) is 2. The van der Waals surface area contributed by atoms with Gasteiger partial charge in [0.2, 0.25) is 0 Å². The smallest absolute Gasteiger partial charge is 0.337 e. The minimum atomic E-state index is -0.362. The second kappa shape index (κ2) is 8.65. The number of rotatable bonds is 5. The van der Waals surface area contributed by atoms with Crippen molar-refractivity contribution in [3.63, 3.8) is 0 Å². The summed E-state index contributed by atoms with van der Waals surface area (Å²) in [5, 5.41) is 0. The Kier molecular flexibility index (Phi) is 6.03. The van der Waals surface area contributed by atoms with E-state index in [0.29, 0.717) is 48.8 Å². The zero-order valence-corrected chi connectivity index (χ0v) is 16.3. The fourth-order valence-corrected chi connectivity index (χ4v) is 3.34. The Morgan fingerprint density at radius 1 is 0.857 bits per heavy atom. The van der Waals surface area contributed by atoms with Gasteiger partial charge in [0.1, 0.15) is 17.1 Å². The van der Waals surface area contributed by atoms with Crippen LogP contribution >= 0.6 is 0 Å². The maximum absolute atomic E-state index is 13.1. The summed E-state index contributed by atoms with van der Waals surface area (Å²) in [5.74, 6) is 0.520. The van der Waals surface area contributed by atoms with Crippen molar-refractivity contribution in [1.82, 2.24) is 4.90 Å². The van der Waals surface area contributed by atoms with E-state index in [1.807, 2.05) is 18.2 Å². The maximum Gasteiger partial charge on any atom is 0.337 e. The van der Waals surface area contributed by atoms with Gasteiger partial charge in [-0.3, -0.25) is 4.79 Å². The van der Waals surface area contributed by atoms with Gasteiger partial charge in [0.15, 0.2) is 0 Å². The third-order valence-corrected chi connectivity index (χ3v) is 4.84. The summed E-state index contributed by atoms with van der Waals surface area (Å²) in [4.78, 5) is 28.8. The highest BCUT2D eigenvalue weighted by Crippen LogP contribution is 2.30. The number of methoxy groups -OCH3 is 3. The van der Waals surface area contributed by atoms with Crippen LogP contribution in [0.5, 0.6) is 11.5 Å². The minimum absolute atomic E-state index is 0.114. The third kappa shape index (κ3) is 3.88. The highest BCUT2D eigenvalue weighted by Gasteiger charge is 2.27. The molecule has 0 spiro atoms. The van der Waals surface area contributed by atoms with E-state index in [2.05, 4.69) is 4.90 Å². The van der Waals surface area contributed by atoms with Crippen LogP contribution in [-0.4, -0.2) is 64.3 Å². The molecular weight excluding hydrogens is 360 g/mol. The molecule has 0 atom stereocenters. The zero-order chi connectivity index (χ0) is 20.1. The van der Waals surface area contributed by atoms with E-state index in [1.165, 1.54) is 21.3 Å². The molecule has 3 rings (SSSR count). The number of hydrogen-bond acceptors (Lipinski definition) is 6. The van der Waals surface area contributed by atoms with Crippen molar-refractivity contribution < 1.29 is 23.8 Å². The summed E-state index contributed by atoms with van der Waals surface area (Å²) < 4.78 is 15.5. The van der Waals surface area contributed by atoms with Gasteiger partial charge in [-0.05, 0) is 30.3 Å². The predicted molar refractivity (Wildman–Crippen MR) is 105 cm³/mol. The molecule has 0 saturated carbocycles. The molecule has 0 radical (unpaired) electrons. The molecule has 7 heteroatoms. The minimum Gasteiger partial charge on any atom is -0.496 e. The number of hydrogen-bond donors (Lipinski definition) is 0. The third-order valence-electron chi connectivity index (χ3n) is 4.84. The van der Waals surface area contributed by atoms with Crippen LogP contribution in [0.15, 0.2) is 42.5 Å². The van der Waals surface area contributed by atoms with Crippen LogP contribution in [0.3, 0.4) is 0 Å². The highest BCUT2D eigenvalue weighted by molar-refractivity contribution is 6.00. The number of benzene rings is 2. The van der Waals surface area contributed by atoms with Crippen LogP contribution in [0.25, 0.3) is 0 Å². The Morgan fingerprint density at radius 3 is 2.04 bits per heavy atom. The van der Waals surface area contributed by atoms with Crippen LogP contribution in [0, 0.1) is 0 Å². The summed E-state index contributed by atoms with van der Waals surface area (Å²) in [6.07, 6.45) is 0. The Hall–Kier alpha value is -3.22. The molecule has 1 heterocycles. The van der Waals surface area contributed by atoms with E-state index < -0.39 is 0 Å². The van der Waals surface area contributed by atoms with Gasteiger partial charge in [-0.2, -0.15) is 0 Å². The molecule has 2 aromatic rings. The van der Waals surface area contributed by atoms with Crippen molar-refractivity contribution in [2.75, 3.05) is 52.4 Å². The summed E-state index contributed by atoms with van der Waals surface area (Å²) in [7, 11) is 4.45. The molecule has 2 aromatic carbocycles. The lowest BCUT2D eigenvalue weighted by Crippen LogP contribution is -2.49. The maximum atomic E-state index is 13.1. The first-order valence-electron chi connectivity index (χ1n) is 9.02. The number of amides is 1. The molecule has 7 nitrogen and oxygen atoms in total. The van der Waals surface area contributed by atoms with Crippen molar-refractivity contribution in [3.05, 3.63) is 53.6 Å². The monoisotopic (exact) mass is 384 g/mol. The normalized spacial score (nSPS) is 13.8. The van der Waals surface area contributed by atoms with Crippen LogP contribution < -0.4 is 14.4 Å². The van der Waals surface area contributed by atoms with Gasteiger partial charge in [0.05, 0.1) is 26.9 Å². The molecular formula is C21H24N2O5.